The summed E-state index contributed by atoms with van der Waals surface area (Å²) < 4.78 is 0.913. The molecule has 112 valence electrons. The van der Waals surface area contributed by atoms with Crippen LogP contribution in [0.3, 0.4) is 0 Å². The van der Waals surface area contributed by atoms with Gasteiger partial charge < -0.3 is 5.32 Å². The number of benzene rings is 1. The zero-order chi connectivity index (χ0) is 15.5. The summed E-state index contributed by atoms with van der Waals surface area (Å²) in [5.41, 5.74) is 0.991. The number of aryl methyl sites for hydroxylation is 1. The monoisotopic (exact) mass is 348 g/mol. The van der Waals surface area contributed by atoms with Crippen LogP contribution >= 0.6 is 15.9 Å². The molecule has 0 aliphatic heterocycles. The highest BCUT2D eigenvalue weighted by Gasteiger charge is 2.36. The number of amides is 1. The summed E-state index contributed by atoms with van der Waals surface area (Å²) in [6.07, 6.45) is 4.69. The van der Waals surface area contributed by atoms with Crippen molar-refractivity contribution in [2.24, 2.45) is 5.92 Å². The predicted molar refractivity (Wildman–Crippen MR) is 86.9 cm³/mol. The van der Waals surface area contributed by atoms with Gasteiger partial charge >= 0.3 is 0 Å². The average molecular weight is 349 g/mol. The van der Waals surface area contributed by atoms with E-state index in [9.17, 15) is 10.1 Å². The van der Waals surface area contributed by atoms with Crippen LogP contribution in [-0.2, 0) is 0 Å². The van der Waals surface area contributed by atoms with Crippen molar-refractivity contribution in [1.82, 2.24) is 5.32 Å². The maximum Gasteiger partial charge on any atom is 0.252 e. The lowest BCUT2D eigenvalue weighted by Gasteiger charge is -2.35. The predicted octanol–water partition coefficient (Wildman–Crippen LogP) is 4.35. The molecule has 1 saturated carbocycles. The molecule has 0 spiro atoms. The van der Waals surface area contributed by atoms with Gasteiger partial charge in [-0.25, -0.2) is 0 Å². The molecule has 4 heteroatoms. The Morgan fingerprint density at radius 3 is 2.67 bits per heavy atom. The molecule has 3 nitrogen and oxygen atoms in total. The van der Waals surface area contributed by atoms with Crippen LogP contribution in [0.4, 0.5) is 0 Å². The molecular formula is C17H21BrN2O. The van der Waals surface area contributed by atoms with Gasteiger partial charge in [-0.2, -0.15) is 5.26 Å². The Kier molecular flexibility index (Phi) is 5.05. The van der Waals surface area contributed by atoms with Crippen molar-refractivity contribution in [3.8, 4) is 6.07 Å². The van der Waals surface area contributed by atoms with Crippen LogP contribution in [0.15, 0.2) is 22.7 Å². The first kappa shape index (κ1) is 16.0. The Balaban J connectivity index is 2.10. The van der Waals surface area contributed by atoms with Gasteiger partial charge in [0.1, 0.15) is 5.54 Å². The maximum absolute atomic E-state index is 12.4. The summed E-state index contributed by atoms with van der Waals surface area (Å²) in [7, 11) is 0. The Hall–Kier alpha value is -1.34. The van der Waals surface area contributed by atoms with Gasteiger partial charge in [0.05, 0.1) is 6.07 Å². The molecule has 0 radical (unpaired) electrons. The molecule has 2 rings (SSSR count). The average Bonchev–Trinajstić information content (AvgIpc) is 2.50. The number of carbonyl (C=O) groups excluding carboxylic acids is 1. The summed E-state index contributed by atoms with van der Waals surface area (Å²) in [6.45, 7) is 4.17. The van der Waals surface area contributed by atoms with E-state index in [1.165, 1.54) is 0 Å². The molecule has 1 N–H and O–H groups in total. The molecule has 1 aliphatic rings. The number of hydrogen-bond donors (Lipinski definition) is 1. The van der Waals surface area contributed by atoms with E-state index in [1.54, 1.807) is 6.07 Å². The largest absolute Gasteiger partial charge is 0.334 e. The quantitative estimate of drug-likeness (QED) is 0.882. The summed E-state index contributed by atoms with van der Waals surface area (Å²) in [6, 6.07) is 7.87. The molecule has 1 aliphatic carbocycles. The van der Waals surface area contributed by atoms with Crippen LogP contribution in [0, 0.1) is 24.2 Å². The molecule has 1 aromatic rings. The molecule has 0 heterocycles. The molecule has 1 fully saturated rings. The zero-order valence-electron chi connectivity index (χ0n) is 12.6. The van der Waals surface area contributed by atoms with Gasteiger partial charge in [-0.1, -0.05) is 35.3 Å². The minimum Gasteiger partial charge on any atom is -0.334 e. The van der Waals surface area contributed by atoms with Crippen LogP contribution in [0.25, 0.3) is 0 Å². The van der Waals surface area contributed by atoms with Gasteiger partial charge in [0.15, 0.2) is 0 Å². The lowest BCUT2D eigenvalue weighted by atomic mass is 9.76. The minimum atomic E-state index is -0.694. The molecule has 1 amide bonds. The lowest BCUT2D eigenvalue weighted by molar-refractivity contribution is 0.0891. The first-order chi connectivity index (χ1) is 9.99. The van der Waals surface area contributed by atoms with E-state index in [0.717, 1.165) is 42.1 Å². The van der Waals surface area contributed by atoms with Gasteiger partial charge in [-0.05, 0) is 56.2 Å². The van der Waals surface area contributed by atoms with E-state index in [1.807, 2.05) is 19.1 Å². The van der Waals surface area contributed by atoms with Crippen LogP contribution in [0.1, 0.15) is 54.9 Å². The number of hydrogen-bond acceptors (Lipinski definition) is 2. The molecule has 0 aromatic heterocycles. The molecule has 21 heavy (non-hydrogen) atoms. The SMILES string of the molecule is CCC1CCC(C#N)(NC(=O)c2ccc(C)c(Br)c2)CC1. The lowest BCUT2D eigenvalue weighted by Crippen LogP contribution is -2.49. The highest BCUT2D eigenvalue weighted by molar-refractivity contribution is 9.10. The smallest absolute Gasteiger partial charge is 0.252 e. The van der Waals surface area contributed by atoms with Crippen molar-refractivity contribution in [2.45, 2.75) is 51.5 Å². The third-order valence-corrected chi connectivity index (χ3v) is 5.39. The van der Waals surface area contributed by atoms with Crippen molar-refractivity contribution in [3.63, 3.8) is 0 Å². The van der Waals surface area contributed by atoms with E-state index in [-0.39, 0.29) is 5.91 Å². The van der Waals surface area contributed by atoms with Gasteiger partial charge in [0.2, 0.25) is 0 Å². The first-order valence-electron chi connectivity index (χ1n) is 7.49. The second-order valence-electron chi connectivity index (χ2n) is 5.96. The summed E-state index contributed by atoms with van der Waals surface area (Å²) in [4.78, 5) is 12.4. The molecule has 0 saturated heterocycles. The van der Waals surface area contributed by atoms with E-state index >= 15 is 0 Å². The normalized spacial score (nSPS) is 25.1. The molecule has 0 atom stereocenters. The second-order valence-corrected chi connectivity index (χ2v) is 6.82. The van der Waals surface area contributed by atoms with Crippen molar-refractivity contribution in [3.05, 3.63) is 33.8 Å². The van der Waals surface area contributed by atoms with Crippen LogP contribution < -0.4 is 5.32 Å². The number of nitrogens with zero attached hydrogens (tertiary/aromatic N) is 1. The van der Waals surface area contributed by atoms with Crippen LogP contribution in [-0.4, -0.2) is 11.4 Å². The molecule has 0 unspecified atom stereocenters. The highest BCUT2D eigenvalue weighted by Crippen LogP contribution is 2.33. The fourth-order valence-corrected chi connectivity index (χ4v) is 3.25. The number of rotatable bonds is 3. The third-order valence-electron chi connectivity index (χ3n) is 4.54. The van der Waals surface area contributed by atoms with Gasteiger partial charge in [0, 0.05) is 10.0 Å². The van der Waals surface area contributed by atoms with Crippen molar-refractivity contribution in [2.75, 3.05) is 0 Å². The van der Waals surface area contributed by atoms with Crippen molar-refractivity contribution >= 4 is 21.8 Å². The van der Waals surface area contributed by atoms with Gasteiger partial charge in [0.25, 0.3) is 5.91 Å². The maximum atomic E-state index is 12.4. The molecule has 1 aromatic carbocycles. The highest BCUT2D eigenvalue weighted by atomic mass is 79.9. The van der Waals surface area contributed by atoms with Crippen molar-refractivity contribution in [1.29, 1.82) is 5.26 Å². The van der Waals surface area contributed by atoms with E-state index in [0.29, 0.717) is 11.5 Å². The summed E-state index contributed by atoms with van der Waals surface area (Å²) >= 11 is 3.44. The number of carbonyl (C=O) groups is 1. The third kappa shape index (κ3) is 3.65. The zero-order valence-corrected chi connectivity index (χ0v) is 14.2. The Morgan fingerprint density at radius 2 is 2.14 bits per heavy atom. The Morgan fingerprint density at radius 1 is 1.48 bits per heavy atom. The summed E-state index contributed by atoms with van der Waals surface area (Å²) in [5.74, 6) is 0.532. The standard InChI is InChI=1S/C17H21BrN2O/c1-3-13-6-8-17(11-19,9-7-13)20-16(21)14-5-4-12(2)15(18)10-14/h4-5,10,13H,3,6-9H2,1-2H3,(H,20,21). The fourth-order valence-electron chi connectivity index (χ4n) is 2.87. The Bertz CT molecular complexity index is 569. The van der Waals surface area contributed by atoms with Gasteiger partial charge in [-0.3, -0.25) is 4.79 Å². The van der Waals surface area contributed by atoms with Crippen LogP contribution in [0.5, 0.6) is 0 Å². The second kappa shape index (κ2) is 6.62. The number of nitriles is 1. The molecule has 0 bridgehead atoms. The number of halogens is 1. The summed E-state index contributed by atoms with van der Waals surface area (Å²) in [5, 5.41) is 12.5. The number of nitrogens with one attached hydrogen (secondary N) is 1. The molecular weight excluding hydrogens is 328 g/mol. The Labute approximate surface area is 134 Å². The van der Waals surface area contributed by atoms with E-state index in [2.05, 4.69) is 34.2 Å². The minimum absolute atomic E-state index is 0.160. The van der Waals surface area contributed by atoms with Crippen molar-refractivity contribution < 1.29 is 4.79 Å². The van der Waals surface area contributed by atoms with Crippen LogP contribution in [0.2, 0.25) is 0 Å². The van der Waals surface area contributed by atoms with Gasteiger partial charge in [-0.15, -0.1) is 0 Å². The van der Waals surface area contributed by atoms with E-state index in [4.69, 9.17) is 0 Å². The first-order valence-corrected chi connectivity index (χ1v) is 8.29. The topological polar surface area (TPSA) is 52.9 Å². The fraction of sp³-hybridized carbons (Fsp3) is 0.529. The van der Waals surface area contributed by atoms with E-state index < -0.39 is 5.54 Å².